The molecule has 2 aromatic carbocycles. The smallest absolute Gasteiger partial charge is 0.338 e. The van der Waals surface area contributed by atoms with Crippen LogP contribution >= 0.6 is 0 Å². The van der Waals surface area contributed by atoms with Crippen LogP contribution in [0.15, 0.2) is 59.6 Å². The zero-order chi connectivity index (χ0) is 22.6. The summed E-state index contributed by atoms with van der Waals surface area (Å²) in [4.78, 5) is 24.5. The molecule has 158 valence electrons. The van der Waals surface area contributed by atoms with Gasteiger partial charge in [0.1, 0.15) is 11.6 Å². The number of hydrogen-bond donors (Lipinski definition) is 2. The lowest BCUT2D eigenvalue weighted by Crippen LogP contribution is -2.23. The number of sulfonamides is 1. The monoisotopic (exact) mass is 439 g/mol. The average Bonchev–Trinajstić information content (AvgIpc) is 3.14. The molecule has 1 aromatic heterocycles. The zero-order valence-corrected chi connectivity index (χ0v) is 17.1. The van der Waals surface area contributed by atoms with Gasteiger partial charge < -0.3 is 10.1 Å². The molecule has 31 heavy (non-hydrogen) atoms. The molecular formula is C20H17N5O5S. The number of nitriles is 1. The topological polar surface area (TPSA) is 157 Å². The lowest BCUT2D eigenvalue weighted by atomic mass is 10.1. The van der Waals surface area contributed by atoms with Crippen LogP contribution in [0.1, 0.15) is 21.5 Å². The molecule has 3 N–H and O–H groups in total. The van der Waals surface area contributed by atoms with E-state index in [1.807, 2.05) is 12.1 Å². The lowest BCUT2D eigenvalue weighted by Gasteiger charge is -2.11. The van der Waals surface area contributed by atoms with Crippen LogP contribution in [-0.2, 0) is 19.6 Å². The number of amides is 1. The highest BCUT2D eigenvalue weighted by Gasteiger charge is 2.19. The van der Waals surface area contributed by atoms with Gasteiger partial charge in [-0.25, -0.2) is 23.0 Å². The van der Waals surface area contributed by atoms with Crippen LogP contribution in [0.2, 0.25) is 0 Å². The van der Waals surface area contributed by atoms with E-state index in [-0.39, 0.29) is 21.8 Å². The van der Waals surface area contributed by atoms with Gasteiger partial charge in [-0.2, -0.15) is 10.4 Å². The number of primary sulfonamides is 1. The van der Waals surface area contributed by atoms with Gasteiger partial charge in [-0.05, 0) is 36.8 Å². The fraction of sp³-hybridized carbons (Fsp3) is 0.100. The van der Waals surface area contributed by atoms with E-state index in [9.17, 15) is 23.3 Å². The molecule has 1 heterocycles. The summed E-state index contributed by atoms with van der Waals surface area (Å²) >= 11 is 0. The van der Waals surface area contributed by atoms with Gasteiger partial charge >= 0.3 is 5.97 Å². The van der Waals surface area contributed by atoms with Gasteiger partial charge in [0.15, 0.2) is 12.4 Å². The number of aryl methyl sites for hydroxylation is 1. The van der Waals surface area contributed by atoms with Crippen molar-refractivity contribution in [2.24, 2.45) is 5.14 Å². The molecule has 0 radical (unpaired) electrons. The van der Waals surface area contributed by atoms with Crippen molar-refractivity contribution in [3.05, 3.63) is 71.4 Å². The molecule has 0 atom stereocenters. The normalized spacial score (nSPS) is 10.9. The summed E-state index contributed by atoms with van der Waals surface area (Å²) in [6.45, 7) is 0.921. The summed E-state index contributed by atoms with van der Waals surface area (Å²) in [5, 5.41) is 21.0. The second-order valence-corrected chi connectivity index (χ2v) is 7.97. The van der Waals surface area contributed by atoms with E-state index in [4.69, 9.17) is 9.88 Å². The van der Waals surface area contributed by atoms with Crippen molar-refractivity contribution in [3.63, 3.8) is 0 Å². The van der Waals surface area contributed by atoms with Crippen molar-refractivity contribution in [1.82, 2.24) is 9.78 Å². The molecule has 0 bridgehead atoms. The molecule has 0 saturated carbocycles. The Kier molecular flexibility index (Phi) is 6.15. The fourth-order valence-corrected chi connectivity index (χ4v) is 3.23. The van der Waals surface area contributed by atoms with Gasteiger partial charge in [-0.3, -0.25) is 4.79 Å². The molecule has 3 rings (SSSR count). The van der Waals surface area contributed by atoms with Gasteiger partial charge in [-0.1, -0.05) is 24.3 Å². The standard InChI is InChI=1S/C20H17N5O5S/c1-13-7-8-16(31(22,28)29)9-17(13)20(27)30-12-18(26)24-19-14(10-21)11-23-25(19)15-5-3-2-4-6-15/h2-9,11H,12H2,1H3,(H,24,26)(H2,22,28,29). The average molecular weight is 439 g/mol. The minimum absolute atomic E-state index is 0.0358. The molecule has 0 fully saturated rings. The maximum absolute atomic E-state index is 12.4. The number of esters is 1. The number of benzene rings is 2. The summed E-state index contributed by atoms with van der Waals surface area (Å²) < 4.78 is 29.4. The Morgan fingerprint density at radius 3 is 2.58 bits per heavy atom. The minimum Gasteiger partial charge on any atom is -0.452 e. The maximum Gasteiger partial charge on any atom is 0.338 e. The number of ether oxygens (including phenoxy) is 1. The molecule has 0 aliphatic heterocycles. The Hall–Kier alpha value is -4.01. The summed E-state index contributed by atoms with van der Waals surface area (Å²) in [5.74, 6) is -1.47. The van der Waals surface area contributed by atoms with Crippen LogP contribution < -0.4 is 10.5 Å². The van der Waals surface area contributed by atoms with Crippen LogP contribution in [0.25, 0.3) is 5.69 Å². The first-order valence-corrected chi connectivity index (χ1v) is 10.4. The Bertz CT molecular complexity index is 1290. The summed E-state index contributed by atoms with van der Waals surface area (Å²) in [5.41, 5.74) is 1.16. The molecule has 0 spiro atoms. The number of nitrogens with zero attached hydrogens (tertiary/aromatic N) is 3. The molecule has 0 aliphatic rings. The molecule has 11 heteroatoms. The molecule has 0 saturated heterocycles. The number of hydrogen-bond acceptors (Lipinski definition) is 7. The SMILES string of the molecule is Cc1ccc(S(N)(=O)=O)cc1C(=O)OCC(=O)Nc1c(C#N)cnn1-c1ccccc1. The van der Waals surface area contributed by atoms with Crippen LogP contribution in [0.3, 0.4) is 0 Å². The molecular weight excluding hydrogens is 422 g/mol. The second-order valence-electron chi connectivity index (χ2n) is 6.41. The molecule has 3 aromatic rings. The zero-order valence-electron chi connectivity index (χ0n) is 16.3. The quantitative estimate of drug-likeness (QED) is 0.551. The Morgan fingerprint density at radius 1 is 1.23 bits per heavy atom. The van der Waals surface area contributed by atoms with E-state index in [2.05, 4.69) is 10.4 Å². The van der Waals surface area contributed by atoms with Crippen molar-refractivity contribution < 1.29 is 22.7 Å². The Labute approximate surface area is 177 Å². The predicted molar refractivity (Wildman–Crippen MR) is 110 cm³/mol. The van der Waals surface area contributed by atoms with Crippen molar-refractivity contribution in [3.8, 4) is 11.8 Å². The van der Waals surface area contributed by atoms with Gasteiger partial charge in [-0.15, -0.1) is 0 Å². The first kappa shape index (κ1) is 21.7. The van der Waals surface area contributed by atoms with Crippen molar-refractivity contribution in [1.29, 1.82) is 5.26 Å². The van der Waals surface area contributed by atoms with Gasteiger partial charge in [0.25, 0.3) is 5.91 Å². The minimum atomic E-state index is -4.01. The first-order valence-electron chi connectivity index (χ1n) is 8.84. The van der Waals surface area contributed by atoms with Gasteiger partial charge in [0.2, 0.25) is 10.0 Å². The largest absolute Gasteiger partial charge is 0.452 e. The van der Waals surface area contributed by atoms with Crippen molar-refractivity contribution >= 4 is 27.7 Å². The third-order valence-electron chi connectivity index (χ3n) is 4.24. The lowest BCUT2D eigenvalue weighted by molar-refractivity contribution is -0.119. The predicted octanol–water partition coefficient (Wildman–Crippen LogP) is 1.50. The number of rotatable bonds is 6. The maximum atomic E-state index is 12.4. The van der Waals surface area contributed by atoms with Crippen molar-refractivity contribution in [2.45, 2.75) is 11.8 Å². The number of carbonyl (C=O) groups excluding carboxylic acids is 2. The molecule has 0 unspecified atom stereocenters. The molecule has 0 aliphatic carbocycles. The number of anilines is 1. The van der Waals surface area contributed by atoms with E-state index >= 15 is 0 Å². The third-order valence-corrected chi connectivity index (χ3v) is 5.15. The van der Waals surface area contributed by atoms with E-state index in [1.165, 1.54) is 23.0 Å². The van der Waals surface area contributed by atoms with Crippen LogP contribution in [0.5, 0.6) is 0 Å². The summed E-state index contributed by atoms with van der Waals surface area (Å²) in [6.07, 6.45) is 1.30. The second kappa shape index (κ2) is 8.78. The Morgan fingerprint density at radius 2 is 1.94 bits per heavy atom. The number of nitrogens with two attached hydrogens (primary N) is 1. The van der Waals surface area contributed by atoms with Gasteiger partial charge in [0.05, 0.1) is 22.3 Å². The van der Waals surface area contributed by atoms with Crippen LogP contribution in [0, 0.1) is 18.3 Å². The summed E-state index contributed by atoms with van der Waals surface area (Å²) in [6, 6.07) is 14.5. The van der Waals surface area contributed by atoms with E-state index < -0.39 is 28.5 Å². The first-order chi connectivity index (χ1) is 14.7. The highest BCUT2D eigenvalue weighted by molar-refractivity contribution is 7.89. The Balaban J connectivity index is 1.74. The third kappa shape index (κ3) is 4.95. The fourth-order valence-electron chi connectivity index (χ4n) is 2.69. The number of carbonyl (C=O) groups is 2. The summed E-state index contributed by atoms with van der Waals surface area (Å²) in [7, 11) is -4.01. The van der Waals surface area contributed by atoms with Gasteiger partial charge in [0, 0.05) is 0 Å². The van der Waals surface area contributed by atoms with E-state index in [1.54, 1.807) is 31.2 Å². The van der Waals surface area contributed by atoms with Crippen LogP contribution in [0.4, 0.5) is 5.82 Å². The van der Waals surface area contributed by atoms with Crippen molar-refractivity contribution in [2.75, 3.05) is 11.9 Å². The van der Waals surface area contributed by atoms with Crippen LogP contribution in [-0.4, -0.2) is 36.7 Å². The number of nitrogens with one attached hydrogen (secondary N) is 1. The number of para-hydroxylation sites is 1. The molecule has 10 nitrogen and oxygen atoms in total. The highest BCUT2D eigenvalue weighted by atomic mass is 32.2. The molecule has 1 amide bonds. The van der Waals surface area contributed by atoms with E-state index in [0.29, 0.717) is 11.3 Å². The number of aromatic nitrogens is 2. The highest BCUT2D eigenvalue weighted by Crippen LogP contribution is 2.20. The van der Waals surface area contributed by atoms with E-state index in [0.717, 1.165) is 6.07 Å².